The van der Waals surface area contributed by atoms with Gasteiger partial charge in [-0.15, -0.1) is 0 Å². The molecular weight excluding hydrogens is 390 g/mol. The third-order valence-corrected chi connectivity index (χ3v) is 5.48. The SMILES string of the molecule is Cn1cnc2cc(-c3ccccc3)nc(Nc3ccc(N4CCOCC4)cc3)c2c1=O. The van der Waals surface area contributed by atoms with Gasteiger partial charge in [0, 0.05) is 37.1 Å². The predicted molar refractivity (Wildman–Crippen MR) is 123 cm³/mol. The van der Waals surface area contributed by atoms with Gasteiger partial charge in [-0.2, -0.15) is 0 Å². The standard InChI is InChI=1S/C24H23N5O2/c1-28-16-25-21-15-20(17-5-3-2-4-6-17)27-23(22(21)24(28)30)26-18-7-9-19(10-8-18)29-11-13-31-14-12-29/h2-10,15-16H,11-14H2,1H3,(H,26,27). The van der Waals surface area contributed by atoms with Gasteiger partial charge in [-0.05, 0) is 30.3 Å². The summed E-state index contributed by atoms with van der Waals surface area (Å²) in [6.07, 6.45) is 1.54. The van der Waals surface area contributed by atoms with Crippen molar-refractivity contribution in [2.75, 3.05) is 36.5 Å². The number of benzene rings is 2. The maximum atomic E-state index is 12.9. The molecule has 4 aromatic rings. The van der Waals surface area contributed by atoms with Gasteiger partial charge >= 0.3 is 0 Å². The molecule has 0 aliphatic carbocycles. The molecule has 7 heteroatoms. The number of pyridine rings is 1. The fourth-order valence-corrected chi connectivity index (χ4v) is 3.78. The second-order valence-corrected chi connectivity index (χ2v) is 7.55. The van der Waals surface area contributed by atoms with Gasteiger partial charge in [0.25, 0.3) is 5.56 Å². The first-order chi connectivity index (χ1) is 15.2. The second kappa shape index (κ2) is 8.20. The van der Waals surface area contributed by atoms with Crippen molar-refractivity contribution in [3.8, 4) is 11.3 Å². The number of fused-ring (bicyclic) bond motifs is 1. The minimum absolute atomic E-state index is 0.135. The molecule has 5 rings (SSSR count). The average molecular weight is 413 g/mol. The number of anilines is 3. The summed E-state index contributed by atoms with van der Waals surface area (Å²) < 4.78 is 6.90. The Morgan fingerprint density at radius 2 is 1.74 bits per heavy atom. The smallest absolute Gasteiger partial charge is 0.264 e. The summed E-state index contributed by atoms with van der Waals surface area (Å²) in [5, 5.41) is 3.82. The minimum Gasteiger partial charge on any atom is -0.378 e. The molecule has 1 aliphatic rings. The zero-order valence-electron chi connectivity index (χ0n) is 17.3. The summed E-state index contributed by atoms with van der Waals surface area (Å²) in [7, 11) is 1.70. The molecule has 1 fully saturated rings. The number of aromatic nitrogens is 3. The van der Waals surface area contributed by atoms with Crippen LogP contribution in [-0.2, 0) is 11.8 Å². The summed E-state index contributed by atoms with van der Waals surface area (Å²) in [6, 6.07) is 19.9. The highest BCUT2D eigenvalue weighted by Crippen LogP contribution is 2.28. The monoisotopic (exact) mass is 413 g/mol. The van der Waals surface area contributed by atoms with Gasteiger partial charge in [0.15, 0.2) is 0 Å². The van der Waals surface area contributed by atoms with Crippen LogP contribution in [0.1, 0.15) is 0 Å². The molecule has 3 heterocycles. The van der Waals surface area contributed by atoms with Crippen LogP contribution in [0.3, 0.4) is 0 Å². The van der Waals surface area contributed by atoms with Gasteiger partial charge in [0.2, 0.25) is 0 Å². The van der Waals surface area contributed by atoms with Crippen molar-refractivity contribution < 1.29 is 4.74 Å². The molecule has 31 heavy (non-hydrogen) atoms. The Kier molecular flexibility index (Phi) is 5.09. The van der Waals surface area contributed by atoms with Crippen molar-refractivity contribution in [2.45, 2.75) is 0 Å². The zero-order valence-corrected chi connectivity index (χ0v) is 17.3. The lowest BCUT2D eigenvalue weighted by Gasteiger charge is -2.28. The normalized spacial score (nSPS) is 14.0. The molecule has 0 spiro atoms. The molecular formula is C24H23N5O2. The van der Waals surface area contributed by atoms with Crippen molar-refractivity contribution in [3.63, 3.8) is 0 Å². The number of hydrogen-bond donors (Lipinski definition) is 1. The highest BCUT2D eigenvalue weighted by molar-refractivity contribution is 5.92. The van der Waals surface area contributed by atoms with Gasteiger partial charge in [0.1, 0.15) is 11.2 Å². The lowest BCUT2D eigenvalue weighted by atomic mass is 10.1. The van der Waals surface area contributed by atoms with Gasteiger partial charge in [-0.25, -0.2) is 9.97 Å². The molecule has 0 unspecified atom stereocenters. The minimum atomic E-state index is -0.135. The summed E-state index contributed by atoms with van der Waals surface area (Å²) in [5.41, 5.74) is 4.23. The molecule has 0 saturated carbocycles. The summed E-state index contributed by atoms with van der Waals surface area (Å²) in [4.78, 5) is 24.4. The quantitative estimate of drug-likeness (QED) is 0.551. The van der Waals surface area contributed by atoms with Crippen LogP contribution in [0.2, 0.25) is 0 Å². The summed E-state index contributed by atoms with van der Waals surface area (Å²) >= 11 is 0. The van der Waals surface area contributed by atoms with Crippen molar-refractivity contribution in [2.24, 2.45) is 7.05 Å². The topological polar surface area (TPSA) is 72.3 Å². The largest absolute Gasteiger partial charge is 0.378 e. The first-order valence-electron chi connectivity index (χ1n) is 10.3. The van der Waals surface area contributed by atoms with E-state index in [0.717, 1.165) is 48.9 Å². The lowest BCUT2D eigenvalue weighted by molar-refractivity contribution is 0.122. The Morgan fingerprint density at radius 3 is 2.48 bits per heavy atom. The van der Waals surface area contributed by atoms with Crippen molar-refractivity contribution in [1.82, 2.24) is 14.5 Å². The number of rotatable bonds is 4. The van der Waals surface area contributed by atoms with Crippen molar-refractivity contribution in [3.05, 3.63) is 77.3 Å². The predicted octanol–water partition coefficient (Wildman–Crippen LogP) is 3.58. The van der Waals surface area contributed by atoms with Crippen LogP contribution in [0.4, 0.5) is 17.2 Å². The van der Waals surface area contributed by atoms with E-state index in [2.05, 4.69) is 27.3 Å². The number of hydrogen-bond acceptors (Lipinski definition) is 6. The Bertz CT molecular complexity index is 1260. The molecule has 2 aromatic carbocycles. The van der Waals surface area contributed by atoms with Gasteiger partial charge in [-0.3, -0.25) is 4.79 Å². The van der Waals surface area contributed by atoms with E-state index in [1.807, 2.05) is 48.5 Å². The third kappa shape index (κ3) is 3.87. The van der Waals surface area contributed by atoms with E-state index >= 15 is 0 Å². The third-order valence-electron chi connectivity index (χ3n) is 5.48. The van der Waals surface area contributed by atoms with Crippen LogP contribution in [-0.4, -0.2) is 40.8 Å². The van der Waals surface area contributed by atoms with E-state index in [1.54, 1.807) is 13.4 Å². The van der Waals surface area contributed by atoms with Crippen LogP contribution in [0.15, 0.2) is 71.8 Å². The van der Waals surface area contributed by atoms with Crippen LogP contribution >= 0.6 is 0 Å². The van der Waals surface area contributed by atoms with Crippen LogP contribution < -0.4 is 15.8 Å². The van der Waals surface area contributed by atoms with Gasteiger partial charge in [0.05, 0.1) is 30.8 Å². The highest BCUT2D eigenvalue weighted by atomic mass is 16.5. The Morgan fingerprint density at radius 1 is 1.00 bits per heavy atom. The highest BCUT2D eigenvalue weighted by Gasteiger charge is 2.14. The maximum Gasteiger partial charge on any atom is 0.264 e. The van der Waals surface area contributed by atoms with E-state index in [-0.39, 0.29) is 5.56 Å². The molecule has 156 valence electrons. The second-order valence-electron chi connectivity index (χ2n) is 7.55. The fraction of sp³-hybridized carbons (Fsp3) is 0.208. The molecule has 1 saturated heterocycles. The molecule has 1 N–H and O–H groups in total. The van der Waals surface area contributed by atoms with Crippen LogP contribution in [0.5, 0.6) is 0 Å². The van der Waals surface area contributed by atoms with Crippen molar-refractivity contribution in [1.29, 1.82) is 0 Å². The summed E-state index contributed by atoms with van der Waals surface area (Å²) in [6.45, 7) is 3.27. The average Bonchev–Trinajstić information content (AvgIpc) is 2.83. The Hall–Kier alpha value is -3.71. The van der Waals surface area contributed by atoms with E-state index in [1.165, 1.54) is 4.57 Å². The lowest BCUT2D eigenvalue weighted by Crippen LogP contribution is -2.36. The number of nitrogens with zero attached hydrogens (tertiary/aromatic N) is 4. The molecule has 0 radical (unpaired) electrons. The van der Waals surface area contributed by atoms with Crippen LogP contribution in [0, 0.1) is 0 Å². The maximum absolute atomic E-state index is 12.9. The first kappa shape index (κ1) is 19.3. The molecule has 0 atom stereocenters. The van der Waals surface area contributed by atoms with E-state index in [9.17, 15) is 4.79 Å². The number of aryl methyl sites for hydroxylation is 1. The van der Waals surface area contributed by atoms with Crippen LogP contribution in [0.25, 0.3) is 22.2 Å². The van der Waals surface area contributed by atoms with Gasteiger partial charge in [-0.1, -0.05) is 30.3 Å². The summed E-state index contributed by atoms with van der Waals surface area (Å²) in [5.74, 6) is 0.504. The molecule has 1 aliphatic heterocycles. The molecule has 0 bridgehead atoms. The fourth-order valence-electron chi connectivity index (χ4n) is 3.78. The molecule has 7 nitrogen and oxygen atoms in total. The number of morpholine rings is 1. The molecule has 0 amide bonds. The Labute approximate surface area is 179 Å². The van der Waals surface area contributed by atoms with Crippen molar-refractivity contribution >= 4 is 28.1 Å². The van der Waals surface area contributed by atoms with E-state index in [4.69, 9.17) is 9.72 Å². The first-order valence-corrected chi connectivity index (χ1v) is 10.3. The molecule has 2 aromatic heterocycles. The van der Waals surface area contributed by atoms with E-state index < -0.39 is 0 Å². The number of ether oxygens (including phenoxy) is 1. The Balaban J connectivity index is 1.55. The number of nitrogens with one attached hydrogen (secondary N) is 1. The van der Waals surface area contributed by atoms with Gasteiger partial charge < -0.3 is 19.5 Å². The zero-order chi connectivity index (χ0) is 21.2. The van der Waals surface area contributed by atoms with E-state index in [0.29, 0.717) is 16.7 Å².